The van der Waals surface area contributed by atoms with Crippen LogP contribution in [0.4, 0.5) is 21.0 Å². The largest absolute Gasteiger partial charge is 0.468 e. The smallest absolute Gasteiger partial charge is 0.414 e. The maximum atomic E-state index is 13.3. The van der Waals surface area contributed by atoms with E-state index in [1.165, 1.54) is 0 Å². The van der Waals surface area contributed by atoms with Crippen molar-refractivity contribution >= 4 is 70.5 Å². The van der Waals surface area contributed by atoms with Crippen LogP contribution in [-0.4, -0.2) is 67.3 Å². The molecule has 56 heavy (non-hydrogen) atoms. The maximum Gasteiger partial charge on any atom is 0.414 e. The Bertz CT molecular complexity index is 1900. The van der Waals surface area contributed by atoms with E-state index in [9.17, 15) is 24.0 Å². The number of benzene rings is 3. The van der Waals surface area contributed by atoms with Crippen LogP contribution in [0, 0.1) is 5.92 Å². The number of halogens is 2. The second-order valence-corrected chi connectivity index (χ2v) is 15.8. The molecule has 0 heterocycles. The molecule has 2 atom stereocenters. The number of ether oxygens (including phenoxy) is 3. The molecular formula is C40H48Cl2N6O8. The fourth-order valence-electron chi connectivity index (χ4n) is 5.70. The van der Waals surface area contributed by atoms with Gasteiger partial charge in [-0.05, 0) is 107 Å². The second kappa shape index (κ2) is 19.1. The second-order valence-electron chi connectivity index (χ2n) is 15.0. The lowest BCUT2D eigenvalue weighted by Crippen LogP contribution is -2.47. The molecule has 300 valence electrons. The quantitative estimate of drug-likeness (QED) is 0.0464. The number of fused-ring (bicyclic) bond motifs is 1. The number of aryl methyl sites for hydroxylation is 1. The van der Waals surface area contributed by atoms with Crippen LogP contribution in [0.25, 0.3) is 11.1 Å². The number of anilines is 1. The Morgan fingerprint density at radius 2 is 1.45 bits per heavy atom. The molecule has 0 radical (unpaired) electrons. The first-order chi connectivity index (χ1) is 26.3. The third kappa shape index (κ3) is 13.2. The molecule has 1 aliphatic rings. The normalized spacial score (nSPS) is 14.3. The highest BCUT2D eigenvalue weighted by atomic mass is 35.5. The van der Waals surface area contributed by atoms with E-state index < -0.39 is 47.1 Å². The van der Waals surface area contributed by atoms with Gasteiger partial charge < -0.3 is 30.2 Å². The molecule has 3 aromatic carbocycles. The van der Waals surface area contributed by atoms with Gasteiger partial charge in [-0.25, -0.2) is 14.6 Å². The number of hydrogen-bond acceptors (Lipinski definition) is 10. The first-order valence-electron chi connectivity index (χ1n) is 18.0. The number of alkyl carbamates (subject to hydrolysis) is 2. The van der Waals surface area contributed by atoms with Gasteiger partial charge >= 0.3 is 18.2 Å². The number of aliphatic imine (C=N–C) groups is 1. The van der Waals surface area contributed by atoms with Crippen molar-refractivity contribution in [2.75, 3.05) is 25.5 Å². The summed E-state index contributed by atoms with van der Waals surface area (Å²) in [7, 11) is 1.14. The Labute approximate surface area is 336 Å². The van der Waals surface area contributed by atoms with Gasteiger partial charge in [0.05, 0.1) is 35.1 Å². The Kier molecular flexibility index (Phi) is 14.9. The van der Waals surface area contributed by atoms with Gasteiger partial charge in [0.2, 0.25) is 17.8 Å². The highest BCUT2D eigenvalue weighted by Crippen LogP contribution is 2.36. The molecule has 5 N–H and O–H groups in total. The van der Waals surface area contributed by atoms with Gasteiger partial charge in [0.25, 0.3) is 0 Å². The fraction of sp³-hybridized carbons (Fsp3) is 0.400. The molecule has 4 amide bonds. The number of methoxy groups -OCH3 is 1. The molecule has 0 spiro atoms. The Hall–Kier alpha value is -5.18. The zero-order valence-electron chi connectivity index (χ0n) is 32.4. The number of rotatable bonds is 10. The molecule has 1 unspecified atom stereocenters. The summed E-state index contributed by atoms with van der Waals surface area (Å²) in [5.74, 6) is -3.71. The van der Waals surface area contributed by atoms with E-state index in [4.69, 9.17) is 37.4 Å². The van der Waals surface area contributed by atoms with Crippen LogP contribution in [0.3, 0.4) is 0 Å². The first kappa shape index (κ1) is 43.5. The molecule has 0 fully saturated rings. The monoisotopic (exact) mass is 810 g/mol. The third-order valence-corrected chi connectivity index (χ3v) is 8.73. The van der Waals surface area contributed by atoms with Crippen LogP contribution < -0.4 is 26.6 Å². The Morgan fingerprint density at radius 1 is 0.839 bits per heavy atom. The van der Waals surface area contributed by atoms with Gasteiger partial charge in [-0.1, -0.05) is 59.6 Å². The zero-order valence-corrected chi connectivity index (χ0v) is 33.9. The lowest BCUT2D eigenvalue weighted by atomic mass is 9.87. The highest BCUT2D eigenvalue weighted by Gasteiger charge is 2.30. The third-order valence-electron chi connectivity index (χ3n) is 8.14. The summed E-state index contributed by atoms with van der Waals surface area (Å²) >= 11 is 13.0. The standard InChI is InChI=1S/C40H48Cl2N6O8/c1-39(2,3)55-37(52)47-36(48-38(53)56-40(4,5)6)45-26-17-16-24-14-11-15-31(27(24)20-26)43-22-32(49)44-21-28(35(51)54-7)34(50)46-33-29(41)18-25(19-30(33)42)23-12-9-8-10-13-23/h8-10,12-13,16-20,28,31,43H,11,14-15,21-22H2,1-7H3,(H,44,49)(H,46,50)(H2,45,47,48,52,53)/t28-,31?/m0/s1. The SMILES string of the molecule is COC(=O)[C@@H](CNC(=O)CNC1CCCc2ccc(N=C(NC(=O)OC(C)(C)C)NC(=O)OC(C)(C)C)cc21)C(=O)Nc1c(Cl)cc(-c2ccccc2)cc1Cl. The number of amides is 4. The van der Waals surface area contributed by atoms with E-state index in [1.807, 2.05) is 36.4 Å². The molecule has 14 nitrogen and oxygen atoms in total. The van der Waals surface area contributed by atoms with Gasteiger partial charge in [0.1, 0.15) is 11.2 Å². The van der Waals surface area contributed by atoms with E-state index in [2.05, 4.69) is 31.6 Å². The summed E-state index contributed by atoms with van der Waals surface area (Å²) in [4.78, 5) is 68.7. The van der Waals surface area contributed by atoms with E-state index in [-0.39, 0.29) is 40.8 Å². The van der Waals surface area contributed by atoms with Crippen molar-refractivity contribution < 1.29 is 38.2 Å². The van der Waals surface area contributed by atoms with Crippen LogP contribution >= 0.6 is 23.2 Å². The molecule has 0 saturated carbocycles. The number of nitrogens with zero attached hydrogens (tertiary/aromatic N) is 1. The number of guanidine groups is 1. The van der Waals surface area contributed by atoms with E-state index in [0.29, 0.717) is 12.1 Å². The van der Waals surface area contributed by atoms with Gasteiger partial charge in [-0.15, -0.1) is 0 Å². The summed E-state index contributed by atoms with van der Waals surface area (Å²) in [6, 6.07) is 17.9. The number of nitrogens with one attached hydrogen (secondary N) is 5. The van der Waals surface area contributed by atoms with Crippen LogP contribution in [0.2, 0.25) is 10.0 Å². The zero-order chi connectivity index (χ0) is 41.2. The van der Waals surface area contributed by atoms with Gasteiger partial charge in [-0.2, -0.15) is 0 Å². The predicted molar refractivity (Wildman–Crippen MR) is 215 cm³/mol. The van der Waals surface area contributed by atoms with E-state index >= 15 is 0 Å². The molecule has 4 rings (SSSR count). The van der Waals surface area contributed by atoms with Gasteiger partial charge in [0, 0.05) is 12.6 Å². The lowest BCUT2D eigenvalue weighted by molar-refractivity contribution is -0.148. The summed E-state index contributed by atoms with van der Waals surface area (Å²) < 4.78 is 15.5. The summed E-state index contributed by atoms with van der Waals surface area (Å²) in [5, 5.41) is 13.8. The molecule has 0 aliphatic heterocycles. The van der Waals surface area contributed by atoms with Gasteiger partial charge in [0.15, 0.2) is 5.92 Å². The summed E-state index contributed by atoms with van der Waals surface area (Å²) in [5.41, 5.74) is 2.44. The molecule has 16 heteroatoms. The number of hydrogen-bond donors (Lipinski definition) is 5. The molecule has 0 bridgehead atoms. The van der Waals surface area contributed by atoms with Crippen molar-refractivity contribution in [3.05, 3.63) is 81.8 Å². The summed E-state index contributed by atoms with van der Waals surface area (Å²) in [6.45, 7) is 9.73. The van der Waals surface area contributed by atoms with E-state index in [0.717, 1.165) is 42.2 Å². The van der Waals surface area contributed by atoms with Crippen molar-refractivity contribution in [1.29, 1.82) is 0 Å². The Morgan fingerprint density at radius 3 is 2.02 bits per heavy atom. The van der Waals surface area contributed by atoms with Crippen molar-refractivity contribution in [2.45, 2.75) is 78.0 Å². The molecule has 0 aromatic heterocycles. The Balaban J connectivity index is 1.43. The summed E-state index contributed by atoms with van der Waals surface area (Å²) in [6.07, 6.45) is 0.690. The number of esters is 1. The van der Waals surface area contributed by atoms with Crippen LogP contribution in [0.15, 0.2) is 65.7 Å². The van der Waals surface area contributed by atoms with Crippen molar-refractivity contribution in [3.8, 4) is 11.1 Å². The van der Waals surface area contributed by atoms with Crippen molar-refractivity contribution in [3.63, 3.8) is 0 Å². The van der Waals surface area contributed by atoms with Crippen molar-refractivity contribution in [2.24, 2.45) is 10.9 Å². The van der Waals surface area contributed by atoms with Crippen molar-refractivity contribution in [1.82, 2.24) is 21.3 Å². The highest BCUT2D eigenvalue weighted by molar-refractivity contribution is 6.40. The predicted octanol–water partition coefficient (Wildman–Crippen LogP) is 7.21. The lowest BCUT2D eigenvalue weighted by Gasteiger charge is -2.27. The van der Waals surface area contributed by atoms with Crippen LogP contribution in [0.5, 0.6) is 0 Å². The van der Waals surface area contributed by atoms with Crippen LogP contribution in [-0.2, 0) is 35.0 Å². The molecule has 3 aromatic rings. The minimum absolute atomic E-state index is 0.118. The molecule has 0 saturated heterocycles. The van der Waals surface area contributed by atoms with E-state index in [1.54, 1.807) is 65.8 Å². The number of carbonyl (C=O) groups is 5. The molecular weight excluding hydrogens is 763 g/mol. The topological polar surface area (TPSA) is 186 Å². The van der Waals surface area contributed by atoms with Gasteiger partial charge in [-0.3, -0.25) is 25.0 Å². The maximum absolute atomic E-state index is 13.3. The van der Waals surface area contributed by atoms with Crippen LogP contribution in [0.1, 0.15) is 71.6 Å². The number of carbonyl (C=O) groups excluding carboxylic acids is 5. The first-order valence-corrected chi connectivity index (χ1v) is 18.7. The minimum atomic E-state index is -1.40. The fourth-order valence-corrected chi connectivity index (χ4v) is 6.29. The average Bonchev–Trinajstić information content (AvgIpc) is 3.10. The molecule has 1 aliphatic carbocycles. The minimum Gasteiger partial charge on any atom is -0.468 e. The average molecular weight is 812 g/mol.